The molecule has 1 amide bonds. The average molecular weight is 484 g/mol. The van der Waals surface area contributed by atoms with Gasteiger partial charge in [0.2, 0.25) is 0 Å². The monoisotopic (exact) mass is 484 g/mol. The molecule has 0 aliphatic carbocycles. The van der Waals surface area contributed by atoms with Gasteiger partial charge in [-0.1, -0.05) is 31.2 Å². The summed E-state index contributed by atoms with van der Waals surface area (Å²) in [6, 6.07) is 11.8. The molecule has 1 heterocycles. The van der Waals surface area contributed by atoms with Crippen molar-refractivity contribution >= 4 is 11.9 Å². The van der Waals surface area contributed by atoms with Crippen LogP contribution in [0.3, 0.4) is 0 Å². The van der Waals surface area contributed by atoms with E-state index in [0.717, 1.165) is 0 Å². The molecule has 184 valence electrons. The number of rotatable bonds is 9. The van der Waals surface area contributed by atoms with E-state index in [0.29, 0.717) is 11.1 Å². The Labute approximate surface area is 201 Å². The van der Waals surface area contributed by atoms with Crippen LogP contribution in [0.4, 0.5) is 8.78 Å². The summed E-state index contributed by atoms with van der Waals surface area (Å²) in [6.07, 6.45) is 0.762. The molecule has 1 aromatic heterocycles. The molecule has 3 rings (SSSR count). The van der Waals surface area contributed by atoms with E-state index in [1.54, 1.807) is 38.1 Å². The third-order valence-electron chi connectivity index (χ3n) is 5.55. The van der Waals surface area contributed by atoms with Crippen molar-refractivity contribution in [2.24, 2.45) is 0 Å². The molecule has 2 aromatic carbocycles. The maximum absolute atomic E-state index is 13.5. The van der Waals surface area contributed by atoms with Crippen molar-refractivity contribution in [3.63, 3.8) is 0 Å². The number of methoxy groups -OCH3 is 1. The van der Waals surface area contributed by atoms with Gasteiger partial charge in [0, 0.05) is 18.2 Å². The molecule has 0 spiro atoms. The number of carbonyl (C=O) groups is 2. The van der Waals surface area contributed by atoms with E-state index in [9.17, 15) is 23.5 Å². The molecule has 0 unspecified atom stereocenters. The van der Waals surface area contributed by atoms with Crippen molar-refractivity contribution in [1.29, 1.82) is 0 Å². The average Bonchev–Trinajstić information content (AvgIpc) is 2.85. The molecule has 0 aliphatic heterocycles. The predicted octanol–water partition coefficient (Wildman–Crippen LogP) is 4.35. The van der Waals surface area contributed by atoms with E-state index in [4.69, 9.17) is 9.47 Å². The number of esters is 1. The van der Waals surface area contributed by atoms with Crippen molar-refractivity contribution in [2.75, 3.05) is 7.11 Å². The fourth-order valence-corrected chi connectivity index (χ4v) is 3.73. The van der Waals surface area contributed by atoms with E-state index in [1.807, 2.05) is 0 Å². The molecule has 0 radical (unpaired) electrons. The Morgan fingerprint density at radius 1 is 1.00 bits per heavy atom. The van der Waals surface area contributed by atoms with Crippen molar-refractivity contribution in [1.82, 2.24) is 10.3 Å². The number of nitrogens with zero attached hydrogens (tertiary/aromatic N) is 1. The van der Waals surface area contributed by atoms with Crippen molar-refractivity contribution < 1.29 is 33.0 Å². The lowest BCUT2D eigenvalue weighted by molar-refractivity contribution is -0.151. The third kappa shape index (κ3) is 6.11. The molecule has 0 saturated heterocycles. The highest BCUT2D eigenvalue weighted by atomic mass is 19.1. The summed E-state index contributed by atoms with van der Waals surface area (Å²) in [4.78, 5) is 29.5. The van der Waals surface area contributed by atoms with Crippen molar-refractivity contribution in [2.45, 2.75) is 38.3 Å². The molecular weight excluding hydrogens is 458 g/mol. The molecule has 7 nitrogen and oxygen atoms in total. The first-order valence-electron chi connectivity index (χ1n) is 11.0. The van der Waals surface area contributed by atoms with E-state index in [2.05, 4.69) is 10.3 Å². The fourth-order valence-electron chi connectivity index (χ4n) is 3.73. The van der Waals surface area contributed by atoms with E-state index < -0.39 is 47.3 Å². The Bertz CT molecular complexity index is 1120. The van der Waals surface area contributed by atoms with Crippen LogP contribution in [0, 0.1) is 11.6 Å². The molecule has 0 bridgehead atoms. The van der Waals surface area contributed by atoms with Crippen LogP contribution >= 0.6 is 0 Å². The lowest BCUT2D eigenvalue weighted by atomic mass is 9.87. The number of halogens is 2. The van der Waals surface area contributed by atoms with E-state index in [-0.39, 0.29) is 17.9 Å². The molecule has 2 atom stereocenters. The summed E-state index contributed by atoms with van der Waals surface area (Å²) in [5.41, 5.74) is 1.04. The van der Waals surface area contributed by atoms with Gasteiger partial charge in [-0.2, -0.15) is 0 Å². The molecule has 0 aliphatic rings. The second kappa shape index (κ2) is 11.4. The first-order chi connectivity index (χ1) is 16.7. The van der Waals surface area contributed by atoms with Crippen LogP contribution in [-0.4, -0.2) is 41.2 Å². The van der Waals surface area contributed by atoms with Gasteiger partial charge in [0.25, 0.3) is 5.91 Å². The van der Waals surface area contributed by atoms with Crippen LogP contribution in [0.5, 0.6) is 11.5 Å². The number of hydrogen-bond acceptors (Lipinski definition) is 6. The second-order valence-corrected chi connectivity index (χ2v) is 7.87. The smallest absolute Gasteiger partial charge is 0.328 e. The SMILES string of the molecule is CC[C@H](NC(=O)c1nccc(OC)c1O)C(=O)O[C@@H](C)C(c1ccc(F)cc1)c1ccc(F)cc1. The lowest BCUT2D eigenvalue weighted by Gasteiger charge is -2.27. The molecule has 9 heteroatoms. The fraction of sp³-hybridized carbons (Fsp3) is 0.269. The van der Waals surface area contributed by atoms with E-state index >= 15 is 0 Å². The van der Waals surface area contributed by atoms with Crippen LogP contribution in [-0.2, 0) is 9.53 Å². The molecule has 0 saturated carbocycles. The molecule has 35 heavy (non-hydrogen) atoms. The molecule has 0 fully saturated rings. The maximum Gasteiger partial charge on any atom is 0.328 e. The topological polar surface area (TPSA) is 97.8 Å². The Kier molecular flexibility index (Phi) is 8.35. The van der Waals surface area contributed by atoms with Crippen LogP contribution in [0.25, 0.3) is 0 Å². The number of pyridine rings is 1. The van der Waals surface area contributed by atoms with Crippen molar-refractivity contribution in [3.05, 3.63) is 89.2 Å². The van der Waals surface area contributed by atoms with Crippen LogP contribution in [0.15, 0.2) is 60.8 Å². The van der Waals surface area contributed by atoms with Gasteiger partial charge in [0.15, 0.2) is 17.2 Å². The number of amides is 1. The molecule has 2 N–H and O–H groups in total. The normalized spacial score (nSPS) is 12.6. The zero-order valence-electron chi connectivity index (χ0n) is 19.5. The summed E-state index contributed by atoms with van der Waals surface area (Å²) in [7, 11) is 1.34. The van der Waals surface area contributed by atoms with Crippen LogP contribution < -0.4 is 10.1 Å². The minimum absolute atomic E-state index is 0.0656. The number of aromatic hydroxyl groups is 1. The van der Waals surface area contributed by atoms with Crippen molar-refractivity contribution in [3.8, 4) is 11.5 Å². The van der Waals surface area contributed by atoms with Crippen LogP contribution in [0.1, 0.15) is 47.8 Å². The Hall–Kier alpha value is -4.01. The largest absolute Gasteiger partial charge is 0.503 e. The zero-order valence-corrected chi connectivity index (χ0v) is 19.5. The number of nitrogens with one attached hydrogen (secondary N) is 1. The van der Waals surface area contributed by atoms with Gasteiger partial charge < -0.3 is 19.9 Å². The highest BCUT2D eigenvalue weighted by Gasteiger charge is 2.29. The third-order valence-corrected chi connectivity index (χ3v) is 5.55. The quantitative estimate of drug-likeness (QED) is 0.439. The summed E-state index contributed by atoms with van der Waals surface area (Å²) >= 11 is 0. The Morgan fingerprint density at radius 3 is 2.03 bits per heavy atom. The van der Waals surface area contributed by atoms with E-state index in [1.165, 1.54) is 43.6 Å². The second-order valence-electron chi connectivity index (χ2n) is 7.87. The van der Waals surface area contributed by atoms with Gasteiger partial charge in [-0.25, -0.2) is 18.6 Å². The summed E-state index contributed by atoms with van der Waals surface area (Å²) in [5, 5.41) is 12.7. The van der Waals surface area contributed by atoms with Gasteiger partial charge in [0.1, 0.15) is 23.8 Å². The first-order valence-corrected chi connectivity index (χ1v) is 11.0. The highest BCUT2D eigenvalue weighted by Crippen LogP contribution is 2.31. The van der Waals surface area contributed by atoms with Gasteiger partial charge >= 0.3 is 5.97 Å². The molecule has 3 aromatic rings. The number of ether oxygens (including phenoxy) is 2. The standard InChI is InChI=1S/C26H26F2N2O5/c1-4-20(30-25(32)23-24(31)21(34-3)13-14-29-23)26(33)35-15(2)22(16-5-9-18(27)10-6-16)17-7-11-19(28)12-8-17/h5-15,20,22,31H,4H2,1-3H3,(H,30,32)/t15-,20-/m0/s1. The summed E-state index contributed by atoms with van der Waals surface area (Å²) in [6.45, 7) is 3.35. The van der Waals surface area contributed by atoms with Gasteiger partial charge in [0.05, 0.1) is 7.11 Å². The zero-order chi connectivity index (χ0) is 25.5. The summed E-state index contributed by atoms with van der Waals surface area (Å²) < 4.78 is 37.7. The summed E-state index contributed by atoms with van der Waals surface area (Å²) in [5.74, 6) is -3.21. The minimum atomic E-state index is -1.03. The number of aromatic nitrogens is 1. The maximum atomic E-state index is 13.5. The lowest BCUT2D eigenvalue weighted by Crippen LogP contribution is -2.43. The highest BCUT2D eigenvalue weighted by molar-refractivity contribution is 5.97. The predicted molar refractivity (Wildman–Crippen MR) is 124 cm³/mol. The Balaban J connectivity index is 1.80. The molecular formula is C26H26F2N2O5. The number of carbonyl (C=O) groups excluding carboxylic acids is 2. The van der Waals surface area contributed by atoms with Gasteiger partial charge in [-0.15, -0.1) is 0 Å². The number of benzene rings is 2. The van der Waals surface area contributed by atoms with Crippen LogP contribution in [0.2, 0.25) is 0 Å². The Morgan fingerprint density at radius 2 is 1.54 bits per heavy atom. The van der Waals surface area contributed by atoms with Gasteiger partial charge in [-0.05, 0) is 48.7 Å². The first kappa shape index (κ1) is 25.6. The van der Waals surface area contributed by atoms with Gasteiger partial charge in [-0.3, -0.25) is 4.79 Å². The minimum Gasteiger partial charge on any atom is -0.503 e. The number of hydrogen-bond donors (Lipinski definition) is 2.